The molecule has 2 amide bonds. The maximum absolute atomic E-state index is 14.4. The fourth-order valence-corrected chi connectivity index (χ4v) is 3.38. The van der Waals surface area contributed by atoms with Gasteiger partial charge in [0, 0.05) is 30.3 Å². The van der Waals surface area contributed by atoms with E-state index in [4.69, 9.17) is 21.4 Å². The highest BCUT2D eigenvalue weighted by Gasteiger charge is 2.38. The Balaban J connectivity index is 1.96. The molecule has 2 aromatic carbocycles. The molecule has 0 fully saturated rings. The molecule has 6 nitrogen and oxygen atoms in total. The molecule has 2 aromatic rings. The van der Waals surface area contributed by atoms with Crippen LogP contribution >= 0.6 is 11.6 Å². The van der Waals surface area contributed by atoms with Crippen LogP contribution < -0.4 is 10.6 Å². The summed E-state index contributed by atoms with van der Waals surface area (Å²) < 4.78 is 32.9. The quantitative estimate of drug-likeness (QED) is 0.734. The fraction of sp³-hybridized carbons (Fsp3) is 0.222. The van der Waals surface area contributed by atoms with Gasteiger partial charge in [0.1, 0.15) is 11.6 Å². The number of hydrogen-bond acceptors (Lipinski definition) is 3. The van der Waals surface area contributed by atoms with E-state index in [2.05, 4.69) is 10.6 Å². The Labute approximate surface area is 158 Å². The average Bonchev–Trinajstić information content (AvgIpc) is 2.97. The van der Waals surface area contributed by atoms with Crippen LogP contribution in [-0.4, -0.2) is 30.3 Å². The van der Waals surface area contributed by atoms with Crippen LogP contribution in [0.5, 0.6) is 0 Å². The van der Waals surface area contributed by atoms with Gasteiger partial charge in [0.25, 0.3) is 5.91 Å². The molecular weight excluding hydrogens is 382 g/mol. The SMILES string of the molecule is COC1Cc2c(C(=O)Nc3ccc(F)c(Cl)c3)ccc(F)c2C1NC(=O)O. The van der Waals surface area contributed by atoms with Crippen molar-refractivity contribution in [2.75, 3.05) is 12.4 Å². The van der Waals surface area contributed by atoms with Crippen LogP contribution in [0.2, 0.25) is 5.02 Å². The van der Waals surface area contributed by atoms with Gasteiger partial charge in [-0.1, -0.05) is 11.6 Å². The van der Waals surface area contributed by atoms with E-state index >= 15 is 0 Å². The lowest BCUT2D eigenvalue weighted by molar-refractivity contribution is 0.0767. The summed E-state index contributed by atoms with van der Waals surface area (Å²) in [6.45, 7) is 0. The molecule has 0 heterocycles. The average molecular weight is 397 g/mol. The number of halogens is 3. The van der Waals surface area contributed by atoms with Gasteiger partial charge in [-0.2, -0.15) is 0 Å². The van der Waals surface area contributed by atoms with Gasteiger partial charge in [-0.15, -0.1) is 0 Å². The maximum atomic E-state index is 14.4. The minimum Gasteiger partial charge on any atom is -0.465 e. The molecule has 2 atom stereocenters. The third-order valence-electron chi connectivity index (χ3n) is 4.40. The minimum absolute atomic E-state index is 0.0778. The van der Waals surface area contributed by atoms with Crippen molar-refractivity contribution in [2.24, 2.45) is 0 Å². The Hall–Kier alpha value is -2.71. The zero-order valence-corrected chi connectivity index (χ0v) is 14.8. The van der Waals surface area contributed by atoms with E-state index in [1.165, 1.54) is 25.3 Å². The van der Waals surface area contributed by atoms with Crippen molar-refractivity contribution in [2.45, 2.75) is 18.6 Å². The molecule has 0 saturated heterocycles. The van der Waals surface area contributed by atoms with E-state index in [-0.39, 0.29) is 28.3 Å². The number of carbonyl (C=O) groups is 2. The molecule has 0 radical (unpaired) electrons. The van der Waals surface area contributed by atoms with Gasteiger partial charge >= 0.3 is 6.09 Å². The lowest BCUT2D eigenvalue weighted by atomic mass is 10.0. The predicted molar refractivity (Wildman–Crippen MR) is 94.2 cm³/mol. The molecule has 2 unspecified atom stereocenters. The van der Waals surface area contributed by atoms with Gasteiger partial charge < -0.3 is 20.5 Å². The highest BCUT2D eigenvalue weighted by molar-refractivity contribution is 6.31. The van der Waals surface area contributed by atoms with Crippen molar-refractivity contribution in [3.63, 3.8) is 0 Å². The largest absolute Gasteiger partial charge is 0.465 e. The summed E-state index contributed by atoms with van der Waals surface area (Å²) in [5.74, 6) is -1.81. The highest BCUT2D eigenvalue weighted by atomic mass is 35.5. The Kier molecular flexibility index (Phi) is 5.29. The van der Waals surface area contributed by atoms with Crippen LogP contribution in [0.15, 0.2) is 30.3 Å². The molecule has 1 aliphatic carbocycles. The van der Waals surface area contributed by atoms with Gasteiger partial charge in [0.2, 0.25) is 0 Å². The van der Waals surface area contributed by atoms with Crippen LogP contribution in [0.1, 0.15) is 27.5 Å². The lowest BCUT2D eigenvalue weighted by Crippen LogP contribution is -2.34. The number of amides is 2. The Bertz CT molecular complexity index is 922. The van der Waals surface area contributed by atoms with E-state index < -0.39 is 35.8 Å². The van der Waals surface area contributed by atoms with Crippen LogP contribution in [0.25, 0.3) is 0 Å². The van der Waals surface area contributed by atoms with E-state index in [0.29, 0.717) is 5.56 Å². The van der Waals surface area contributed by atoms with Gasteiger partial charge in [-0.25, -0.2) is 13.6 Å². The summed E-state index contributed by atoms with van der Waals surface area (Å²) >= 11 is 5.71. The molecule has 9 heteroatoms. The molecule has 142 valence electrons. The minimum atomic E-state index is -1.33. The first-order chi connectivity index (χ1) is 12.8. The number of anilines is 1. The number of methoxy groups -OCH3 is 1. The zero-order chi connectivity index (χ0) is 19.7. The first-order valence-electron chi connectivity index (χ1n) is 7.91. The Morgan fingerprint density at radius 2 is 1.93 bits per heavy atom. The normalized spacial score (nSPS) is 18.1. The zero-order valence-electron chi connectivity index (χ0n) is 14.1. The van der Waals surface area contributed by atoms with Crippen LogP contribution in [0, 0.1) is 11.6 Å². The molecule has 0 spiro atoms. The lowest BCUT2D eigenvalue weighted by Gasteiger charge is -2.19. The molecule has 27 heavy (non-hydrogen) atoms. The van der Waals surface area contributed by atoms with E-state index in [9.17, 15) is 18.4 Å². The van der Waals surface area contributed by atoms with E-state index in [0.717, 1.165) is 12.1 Å². The smallest absolute Gasteiger partial charge is 0.405 e. The van der Waals surface area contributed by atoms with Crippen LogP contribution in [0.4, 0.5) is 19.3 Å². The summed E-state index contributed by atoms with van der Waals surface area (Å²) in [6.07, 6.45) is -1.83. The van der Waals surface area contributed by atoms with Crippen molar-refractivity contribution in [1.29, 1.82) is 0 Å². The second kappa shape index (κ2) is 7.50. The van der Waals surface area contributed by atoms with Gasteiger partial charge in [-0.3, -0.25) is 4.79 Å². The first-order valence-corrected chi connectivity index (χ1v) is 8.29. The number of ether oxygens (including phenoxy) is 1. The number of benzene rings is 2. The molecular formula is C18H15ClF2N2O4. The third kappa shape index (κ3) is 3.72. The fourth-order valence-electron chi connectivity index (χ4n) is 3.20. The number of rotatable bonds is 4. The Morgan fingerprint density at radius 1 is 1.22 bits per heavy atom. The molecule has 3 N–H and O–H groups in total. The summed E-state index contributed by atoms with van der Waals surface area (Å²) in [4.78, 5) is 23.7. The van der Waals surface area contributed by atoms with Crippen LogP contribution in [-0.2, 0) is 11.2 Å². The second-order valence-corrected chi connectivity index (χ2v) is 6.38. The molecule has 1 aliphatic rings. The number of fused-ring (bicyclic) bond motifs is 1. The van der Waals surface area contributed by atoms with Gasteiger partial charge in [0.05, 0.1) is 17.2 Å². The van der Waals surface area contributed by atoms with Crippen molar-refractivity contribution in [1.82, 2.24) is 5.32 Å². The van der Waals surface area contributed by atoms with E-state index in [1.54, 1.807) is 0 Å². The monoisotopic (exact) mass is 396 g/mol. The third-order valence-corrected chi connectivity index (χ3v) is 4.69. The first kappa shape index (κ1) is 19.1. The van der Waals surface area contributed by atoms with Crippen LogP contribution in [0.3, 0.4) is 0 Å². The predicted octanol–water partition coefficient (Wildman–Crippen LogP) is 3.75. The standard InChI is InChI=1S/C18H15ClF2N2O4/c1-27-14-7-10-9(3-5-13(21)15(10)16(14)23-18(25)26)17(24)22-8-2-4-12(20)11(19)6-8/h2-6,14,16,23H,7H2,1H3,(H,22,24)(H,25,26). The Morgan fingerprint density at radius 3 is 2.56 bits per heavy atom. The van der Waals surface area contributed by atoms with Gasteiger partial charge in [0.15, 0.2) is 0 Å². The summed E-state index contributed by atoms with van der Waals surface area (Å²) in [5, 5.41) is 13.7. The summed E-state index contributed by atoms with van der Waals surface area (Å²) in [7, 11) is 1.38. The molecule has 0 aromatic heterocycles. The summed E-state index contributed by atoms with van der Waals surface area (Å²) in [6, 6.07) is 5.18. The number of nitrogens with one attached hydrogen (secondary N) is 2. The van der Waals surface area contributed by atoms with Crippen molar-refractivity contribution in [3.8, 4) is 0 Å². The van der Waals surface area contributed by atoms with Crippen molar-refractivity contribution >= 4 is 29.3 Å². The molecule has 0 bridgehead atoms. The second-order valence-electron chi connectivity index (χ2n) is 5.98. The summed E-state index contributed by atoms with van der Waals surface area (Å²) in [5.41, 5.74) is 0.870. The van der Waals surface area contributed by atoms with Crippen molar-refractivity contribution < 1.29 is 28.2 Å². The molecule has 0 saturated carbocycles. The van der Waals surface area contributed by atoms with Gasteiger partial charge in [-0.05, 0) is 35.9 Å². The number of hydrogen-bond donors (Lipinski definition) is 3. The molecule has 3 rings (SSSR count). The number of carboxylic acid groups (broad SMARTS) is 1. The van der Waals surface area contributed by atoms with E-state index in [1.807, 2.05) is 0 Å². The maximum Gasteiger partial charge on any atom is 0.405 e. The highest BCUT2D eigenvalue weighted by Crippen LogP contribution is 2.37. The number of carbonyl (C=O) groups excluding carboxylic acids is 1. The molecule has 0 aliphatic heterocycles. The van der Waals surface area contributed by atoms with Crippen molar-refractivity contribution in [3.05, 3.63) is 63.7 Å². The topological polar surface area (TPSA) is 87.7 Å².